The molecule has 0 aliphatic carbocycles. The van der Waals surface area contributed by atoms with E-state index >= 15 is 0 Å². The van der Waals surface area contributed by atoms with E-state index in [0.29, 0.717) is 6.54 Å². The second kappa shape index (κ2) is 5.69. The highest BCUT2D eigenvalue weighted by molar-refractivity contribution is 14.1. The van der Waals surface area contributed by atoms with Gasteiger partial charge in [0.2, 0.25) is 0 Å². The van der Waals surface area contributed by atoms with Gasteiger partial charge < -0.3 is 5.32 Å². The molecule has 0 spiro atoms. The zero-order chi connectivity index (χ0) is 12.3. The fourth-order valence-corrected chi connectivity index (χ4v) is 2.49. The fourth-order valence-electron chi connectivity index (χ4n) is 1.43. The largest absolute Gasteiger partial charge is 0.380 e. The van der Waals surface area contributed by atoms with Crippen LogP contribution in [0.4, 0.5) is 10.1 Å². The molecule has 0 unspecified atom stereocenters. The van der Waals surface area contributed by atoms with Gasteiger partial charge in [-0.2, -0.15) is 0 Å². The van der Waals surface area contributed by atoms with Crippen LogP contribution in [0.15, 0.2) is 42.5 Å². The van der Waals surface area contributed by atoms with Crippen molar-refractivity contribution in [3.05, 3.63) is 62.4 Å². The number of halogens is 3. The summed E-state index contributed by atoms with van der Waals surface area (Å²) in [5, 5.41) is 4.01. The molecule has 17 heavy (non-hydrogen) atoms. The first-order valence-electron chi connectivity index (χ1n) is 5.08. The number of hydrogen-bond donors (Lipinski definition) is 1. The summed E-state index contributed by atoms with van der Waals surface area (Å²) in [4.78, 5) is 0. The molecule has 0 atom stereocenters. The van der Waals surface area contributed by atoms with Crippen LogP contribution < -0.4 is 5.32 Å². The minimum absolute atomic E-state index is 0.213. The lowest BCUT2D eigenvalue weighted by Crippen LogP contribution is -2.00. The Kier molecular flexibility index (Phi) is 4.23. The summed E-state index contributed by atoms with van der Waals surface area (Å²) in [5.41, 5.74) is 2.07. The fraction of sp³-hybridized carbons (Fsp3) is 0.0769. The Balaban J connectivity index is 2.04. The second-order valence-corrected chi connectivity index (χ2v) is 5.20. The van der Waals surface area contributed by atoms with E-state index in [0.717, 1.165) is 19.8 Å². The number of rotatable bonds is 3. The number of anilines is 1. The van der Waals surface area contributed by atoms with Gasteiger partial charge in [-0.25, -0.2) is 4.39 Å². The van der Waals surface area contributed by atoms with Gasteiger partial charge in [0.15, 0.2) is 0 Å². The van der Waals surface area contributed by atoms with Crippen molar-refractivity contribution in [1.29, 1.82) is 0 Å². The van der Waals surface area contributed by atoms with Crippen molar-refractivity contribution in [2.75, 3.05) is 5.32 Å². The van der Waals surface area contributed by atoms with Gasteiger partial charge in [0.25, 0.3) is 0 Å². The van der Waals surface area contributed by atoms with E-state index in [1.54, 1.807) is 12.1 Å². The first-order chi connectivity index (χ1) is 8.15. The summed E-state index contributed by atoms with van der Waals surface area (Å²) >= 11 is 8.10. The molecule has 4 heteroatoms. The molecule has 1 N–H and O–H groups in total. The summed E-state index contributed by atoms with van der Waals surface area (Å²) in [6.45, 7) is 0.665. The van der Waals surface area contributed by atoms with Crippen molar-refractivity contribution in [2.45, 2.75) is 6.54 Å². The average Bonchev–Trinajstić information content (AvgIpc) is 2.30. The van der Waals surface area contributed by atoms with Crippen LogP contribution in [-0.2, 0) is 6.54 Å². The van der Waals surface area contributed by atoms with E-state index in [1.807, 2.05) is 18.2 Å². The summed E-state index contributed by atoms with van der Waals surface area (Å²) in [6, 6.07) is 12.1. The quantitative estimate of drug-likeness (QED) is 0.782. The monoisotopic (exact) mass is 361 g/mol. The lowest BCUT2D eigenvalue weighted by Gasteiger charge is -2.08. The second-order valence-electron chi connectivity index (χ2n) is 3.60. The van der Waals surface area contributed by atoms with Crippen LogP contribution in [0.5, 0.6) is 0 Å². The summed E-state index contributed by atoms with van der Waals surface area (Å²) < 4.78 is 13.8. The van der Waals surface area contributed by atoms with Gasteiger partial charge in [-0.1, -0.05) is 23.7 Å². The van der Waals surface area contributed by atoms with Crippen molar-refractivity contribution in [1.82, 2.24) is 0 Å². The van der Waals surface area contributed by atoms with Crippen LogP contribution in [0.25, 0.3) is 0 Å². The molecule has 0 saturated carbocycles. The molecule has 0 aliphatic rings. The maximum Gasteiger partial charge on any atom is 0.123 e. The van der Waals surface area contributed by atoms with E-state index in [2.05, 4.69) is 27.9 Å². The zero-order valence-electron chi connectivity index (χ0n) is 8.88. The SMILES string of the molecule is Fc1ccc(CNc2ccc(Cl)cc2I)cc1. The maximum atomic E-state index is 12.7. The maximum absolute atomic E-state index is 12.7. The van der Waals surface area contributed by atoms with Crippen molar-refractivity contribution < 1.29 is 4.39 Å². The molecule has 0 saturated heterocycles. The van der Waals surface area contributed by atoms with Crippen molar-refractivity contribution in [3.63, 3.8) is 0 Å². The highest BCUT2D eigenvalue weighted by Crippen LogP contribution is 2.22. The minimum Gasteiger partial charge on any atom is -0.380 e. The van der Waals surface area contributed by atoms with Crippen LogP contribution in [0.3, 0.4) is 0 Å². The van der Waals surface area contributed by atoms with E-state index in [9.17, 15) is 4.39 Å². The molecule has 88 valence electrons. The standard InChI is InChI=1S/C13H10ClFIN/c14-10-3-6-13(12(16)7-10)17-8-9-1-4-11(15)5-2-9/h1-7,17H,8H2. The average molecular weight is 362 g/mol. The molecule has 2 rings (SSSR count). The molecule has 0 aromatic heterocycles. The molecule has 0 fully saturated rings. The highest BCUT2D eigenvalue weighted by Gasteiger charge is 2.00. The van der Waals surface area contributed by atoms with Crippen LogP contribution in [0.2, 0.25) is 5.02 Å². The molecule has 2 aromatic carbocycles. The van der Waals surface area contributed by atoms with Crippen LogP contribution in [0, 0.1) is 9.39 Å². The summed E-state index contributed by atoms with van der Waals surface area (Å²) in [7, 11) is 0. The van der Waals surface area contributed by atoms with Gasteiger partial charge in [0.05, 0.1) is 0 Å². The predicted molar refractivity (Wildman–Crippen MR) is 77.9 cm³/mol. The minimum atomic E-state index is -0.213. The van der Waals surface area contributed by atoms with E-state index in [-0.39, 0.29) is 5.82 Å². The molecule has 1 nitrogen and oxygen atoms in total. The molecular formula is C13H10ClFIN. The zero-order valence-corrected chi connectivity index (χ0v) is 11.8. The Morgan fingerprint density at radius 1 is 1.12 bits per heavy atom. The molecule has 2 aromatic rings. The third kappa shape index (κ3) is 3.57. The first-order valence-corrected chi connectivity index (χ1v) is 6.54. The molecule has 0 aliphatic heterocycles. The topological polar surface area (TPSA) is 12.0 Å². The van der Waals surface area contributed by atoms with Gasteiger partial charge in [0, 0.05) is 20.8 Å². The Morgan fingerprint density at radius 3 is 2.47 bits per heavy atom. The Morgan fingerprint density at radius 2 is 1.82 bits per heavy atom. The smallest absolute Gasteiger partial charge is 0.123 e. The Bertz CT molecular complexity index is 513. The third-order valence-electron chi connectivity index (χ3n) is 2.33. The number of nitrogens with one attached hydrogen (secondary N) is 1. The molecule has 0 heterocycles. The lowest BCUT2D eigenvalue weighted by molar-refractivity contribution is 0.627. The van der Waals surface area contributed by atoms with Gasteiger partial charge >= 0.3 is 0 Å². The van der Waals surface area contributed by atoms with Crippen molar-refractivity contribution in [2.24, 2.45) is 0 Å². The molecular weight excluding hydrogens is 352 g/mol. The van der Waals surface area contributed by atoms with Crippen LogP contribution in [-0.4, -0.2) is 0 Å². The third-order valence-corrected chi connectivity index (χ3v) is 3.45. The Hall–Kier alpha value is -0.810. The van der Waals surface area contributed by atoms with Crippen molar-refractivity contribution >= 4 is 39.9 Å². The summed E-state index contributed by atoms with van der Waals surface area (Å²) in [5.74, 6) is -0.213. The van der Waals surface area contributed by atoms with Crippen LogP contribution >= 0.6 is 34.2 Å². The first kappa shape index (κ1) is 12.6. The van der Waals surface area contributed by atoms with Gasteiger partial charge in [-0.3, -0.25) is 0 Å². The van der Waals surface area contributed by atoms with Gasteiger partial charge in [0.1, 0.15) is 5.82 Å². The molecule has 0 amide bonds. The number of hydrogen-bond acceptors (Lipinski definition) is 1. The molecule has 0 bridgehead atoms. The van der Waals surface area contributed by atoms with E-state index in [4.69, 9.17) is 11.6 Å². The lowest BCUT2D eigenvalue weighted by atomic mass is 10.2. The molecule has 0 radical (unpaired) electrons. The predicted octanol–water partition coefficient (Wildman–Crippen LogP) is 4.70. The van der Waals surface area contributed by atoms with E-state index in [1.165, 1.54) is 12.1 Å². The summed E-state index contributed by atoms with van der Waals surface area (Å²) in [6.07, 6.45) is 0. The number of benzene rings is 2. The van der Waals surface area contributed by atoms with E-state index < -0.39 is 0 Å². The normalized spacial score (nSPS) is 10.3. The van der Waals surface area contributed by atoms with Crippen LogP contribution in [0.1, 0.15) is 5.56 Å². The van der Waals surface area contributed by atoms with Crippen molar-refractivity contribution in [3.8, 4) is 0 Å². The highest BCUT2D eigenvalue weighted by atomic mass is 127. The van der Waals surface area contributed by atoms with Gasteiger partial charge in [-0.15, -0.1) is 0 Å². The Labute approximate surface area is 118 Å². The van der Waals surface area contributed by atoms with Gasteiger partial charge in [-0.05, 0) is 58.5 Å².